The number of nitrogens with zero attached hydrogens (tertiary/aromatic N) is 2. The van der Waals surface area contributed by atoms with Crippen LogP contribution in [0.4, 0.5) is 5.69 Å². The topological polar surface area (TPSA) is 118 Å². The molecule has 0 aliphatic carbocycles. The molecule has 0 saturated carbocycles. The molecular weight excluding hydrogens is 268 g/mol. The highest BCUT2D eigenvalue weighted by Crippen LogP contribution is 2.23. The number of imide groups is 3. The van der Waals surface area contributed by atoms with Gasteiger partial charge in [-0.1, -0.05) is 12.1 Å². The van der Waals surface area contributed by atoms with Gasteiger partial charge in [0, 0.05) is 25.8 Å². The molecule has 0 atom stereocenters. The smallest absolute Gasteiger partial charge is 0.310 e. The molecule has 8 heteroatoms. The Morgan fingerprint density at radius 1 is 1.25 bits per heavy atom. The van der Waals surface area contributed by atoms with Crippen LogP contribution < -0.4 is 0 Å². The molecular formula is C12H12N2O6. The van der Waals surface area contributed by atoms with Crippen molar-refractivity contribution in [2.24, 2.45) is 0 Å². The van der Waals surface area contributed by atoms with Crippen LogP contribution in [-0.4, -0.2) is 32.7 Å². The molecule has 1 aromatic carbocycles. The predicted molar refractivity (Wildman–Crippen MR) is 66.5 cm³/mol. The first-order valence-electron chi connectivity index (χ1n) is 5.63. The Bertz CT molecular complexity index is 553. The second-order valence-electron chi connectivity index (χ2n) is 3.89. The van der Waals surface area contributed by atoms with Gasteiger partial charge in [-0.2, -0.15) is 0 Å². The average Bonchev–Trinajstić information content (AvgIpc) is 2.70. The molecule has 0 bridgehead atoms. The molecule has 1 aromatic rings. The zero-order valence-corrected chi connectivity index (χ0v) is 10.6. The van der Waals surface area contributed by atoms with Gasteiger partial charge >= 0.3 is 5.69 Å². The van der Waals surface area contributed by atoms with Gasteiger partial charge in [-0.15, -0.1) is 0 Å². The van der Waals surface area contributed by atoms with Crippen LogP contribution >= 0.6 is 0 Å². The van der Waals surface area contributed by atoms with Crippen LogP contribution in [0.1, 0.15) is 19.8 Å². The molecule has 1 saturated heterocycles. The number of hydrogen-bond donors (Lipinski definition) is 1. The summed E-state index contributed by atoms with van der Waals surface area (Å²) in [7, 11) is 0. The maximum atomic E-state index is 10.7. The highest BCUT2D eigenvalue weighted by Gasteiger charge is 2.31. The lowest BCUT2D eigenvalue weighted by Crippen LogP contribution is -2.33. The SMILES string of the molecule is CC(=O)N1C(=O)CCC1=O.O=[N+]([O-])c1ccccc1O. The molecule has 106 valence electrons. The Hall–Kier alpha value is -2.77. The van der Waals surface area contributed by atoms with Crippen LogP contribution in [0, 0.1) is 10.1 Å². The van der Waals surface area contributed by atoms with E-state index in [4.69, 9.17) is 5.11 Å². The van der Waals surface area contributed by atoms with Crippen molar-refractivity contribution >= 4 is 23.4 Å². The zero-order chi connectivity index (χ0) is 15.3. The molecule has 20 heavy (non-hydrogen) atoms. The lowest BCUT2D eigenvalue weighted by Gasteiger charge is -2.06. The number of carbonyl (C=O) groups excluding carboxylic acids is 3. The van der Waals surface area contributed by atoms with Gasteiger partial charge in [0.2, 0.25) is 17.7 Å². The van der Waals surface area contributed by atoms with E-state index in [0.29, 0.717) is 4.90 Å². The fourth-order valence-corrected chi connectivity index (χ4v) is 1.55. The monoisotopic (exact) mass is 280 g/mol. The summed E-state index contributed by atoms with van der Waals surface area (Å²) in [5, 5.41) is 18.9. The number of aromatic hydroxyl groups is 1. The minimum absolute atomic E-state index is 0.179. The predicted octanol–water partition coefficient (Wildman–Crippen LogP) is 0.982. The minimum atomic E-state index is -0.630. The van der Waals surface area contributed by atoms with E-state index < -0.39 is 10.8 Å². The fourth-order valence-electron chi connectivity index (χ4n) is 1.55. The number of hydrogen-bond acceptors (Lipinski definition) is 6. The molecule has 1 heterocycles. The summed E-state index contributed by atoms with van der Waals surface area (Å²) in [6, 6.07) is 5.55. The number of amides is 3. The first-order chi connectivity index (χ1) is 9.34. The number of phenols is 1. The van der Waals surface area contributed by atoms with E-state index >= 15 is 0 Å². The van der Waals surface area contributed by atoms with Crippen LogP contribution in [0.2, 0.25) is 0 Å². The average molecular weight is 280 g/mol. The number of para-hydroxylation sites is 2. The summed E-state index contributed by atoms with van der Waals surface area (Å²) in [5.41, 5.74) is -0.262. The number of likely N-dealkylation sites (tertiary alicyclic amines) is 1. The van der Waals surface area contributed by atoms with Gasteiger partial charge in [0.1, 0.15) is 0 Å². The second kappa shape index (κ2) is 6.41. The summed E-state index contributed by atoms with van der Waals surface area (Å²) in [6.45, 7) is 1.21. The molecule has 0 radical (unpaired) electrons. The number of rotatable bonds is 1. The number of nitro groups is 1. The Balaban J connectivity index is 0.000000200. The van der Waals surface area contributed by atoms with E-state index in [1.807, 2.05) is 0 Å². The molecule has 0 aromatic heterocycles. The Labute approximate surface area is 113 Å². The Morgan fingerprint density at radius 2 is 1.75 bits per heavy atom. The van der Waals surface area contributed by atoms with Crippen molar-refractivity contribution in [1.29, 1.82) is 0 Å². The van der Waals surface area contributed by atoms with Crippen molar-refractivity contribution in [2.45, 2.75) is 19.8 Å². The summed E-state index contributed by atoms with van der Waals surface area (Å²) in [5.74, 6) is -1.53. The second-order valence-corrected chi connectivity index (χ2v) is 3.89. The summed E-state index contributed by atoms with van der Waals surface area (Å²) in [6.07, 6.45) is 0.358. The summed E-state index contributed by atoms with van der Waals surface area (Å²) < 4.78 is 0. The van der Waals surface area contributed by atoms with Crippen LogP contribution in [0.3, 0.4) is 0 Å². The largest absolute Gasteiger partial charge is 0.502 e. The van der Waals surface area contributed by atoms with Gasteiger partial charge < -0.3 is 5.11 Å². The van der Waals surface area contributed by atoms with Crippen LogP contribution in [0.15, 0.2) is 24.3 Å². The van der Waals surface area contributed by atoms with Crippen LogP contribution in [0.25, 0.3) is 0 Å². The quantitative estimate of drug-likeness (QED) is 0.465. The molecule has 0 spiro atoms. The van der Waals surface area contributed by atoms with Crippen molar-refractivity contribution in [3.63, 3.8) is 0 Å². The van der Waals surface area contributed by atoms with Gasteiger partial charge in [0.25, 0.3) is 0 Å². The highest BCUT2D eigenvalue weighted by atomic mass is 16.6. The maximum Gasteiger partial charge on any atom is 0.310 e. The summed E-state index contributed by atoms with van der Waals surface area (Å²) >= 11 is 0. The van der Waals surface area contributed by atoms with Crippen LogP contribution in [-0.2, 0) is 14.4 Å². The number of benzene rings is 1. The number of carbonyl (C=O) groups is 3. The van der Waals surface area contributed by atoms with Crippen molar-refractivity contribution in [1.82, 2.24) is 4.90 Å². The van der Waals surface area contributed by atoms with E-state index in [-0.39, 0.29) is 36.1 Å². The van der Waals surface area contributed by atoms with Gasteiger partial charge in [-0.25, -0.2) is 4.90 Å². The van der Waals surface area contributed by atoms with Gasteiger partial charge in [-0.05, 0) is 6.07 Å². The Morgan fingerprint density at radius 3 is 2.05 bits per heavy atom. The standard InChI is InChI=1S/C6H7NO3.C6H5NO3/c1-4(8)7-5(9)2-3-6(7)10;8-6-4-2-1-3-5(6)7(9)10/h2-3H2,1H3;1-4,8H. The van der Waals surface area contributed by atoms with Crippen LogP contribution in [0.5, 0.6) is 5.75 Å². The van der Waals surface area contributed by atoms with Gasteiger partial charge in [0.15, 0.2) is 5.75 Å². The maximum absolute atomic E-state index is 10.7. The summed E-state index contributed by atoms with van der Waals surface area (Å²) in [4.78, 5) is 42.1. The molecule has 8 nitrogen and oxygen atoms in total. The van der Waals surface area contributed by atoms with Gasteiger partial charge in [-0.3, -0.25) is 24.5 Å². The fraction of sp³-hybridized carbons (Fsp3) is 0.250. The van der Waals surface area contributed by atoms with Crippen molar-refractivity contribution in [3.8, 4) is 5.75 Å². The first kappa shape index (κ1) is 15.3. The number of nitro benzene ring substituents is 1. The zero-order valence-electron chi connectivity index (χ0n) is 10.6. The minimum Gasteiger partial charge on any atom is -0.502 e. The molecule has 1 fully saturated rings. The molecule has 2 rings (SSSR count). The van der Waals surface area contributed by atoms with Crippen molar-refractivity contribution in [2.75, 3.05) is 0 Å². The van der Waals surface area contributed by atoms with Crippen molar-refractivity contribution < 1.29 is 24.4 Å². The van der Waals surface area contributed by atoms with E-state index in [1.165, 1.54) is 31.2 Å². The van der Waals surface area contributed by atoms with E-state index in [9.17, 15) is 24.5 Å². The van der Waals surface area contributed by atoms with E-state index in [1.54, 1.807) is 0 Å². The normalized spacial score (nSPS) is 13.8. The molecule has 0 unspecified atom stereocenters. The van der Waals surface area contributed by atoms with Gasteiger partial charge in [0.05, 0.1) is 4.92 Å². The van der Waals surface area contributed by atoms with Crippen molar-refractivity contribution in [3.05, 3.63) is 34.4 Å². The van der Waals surface area contributed by atoms with E-state index in [0.717, 1.165) is 0 Å². The lowest BCUT2D eigenvalue weighted by atomic mass is 10.3. The third kappa shape index (κ3) is 3.61. The highest BCUT2D eigenvalue weighted by molar-refractivity contribution is 6.14. The Kier molecular flexibility index (Phi) is 4.90. The molecule has 1 aliphatic rings. The molecule has 3 amide bonds. The molecule has 1 aliphatic heterocycles. The number of phenolic OH excluding ortho intramolecular Hbond substituents is 1. The molecule has 1 N–H and O–H groups in total. The third-order valence-electron chi connectivity index (χ3n) is 2.44. The van der Waals surface area contributed by atoms with E-state index in [2.05, 4.69) is 0 Å². The lowest BCUT2D eigenvalue weighted by molar-refractivity contribution is -0.385. The first-order valence-corrected chi connectivity index (χ1v) is 5.63. The third-order valence-corrected chi connectivity index (χ3v) is 2.44.